The Bertz CT molecular complexity index is 437. The van der Waals surface area contributed by atoms with Crippen LogP contribution >= 0.6 is 0 Å². The molecule has 1 saturated heterocycles. The molecule has 1 atom stereocenters. The standard InChI is InChI=1S/C14H20N2O3/c1-15-7-12-9-17-5-4-16(12)8-11-2-3-13-14(6-11)19-10-18-13/h2-3,6,12,15H,4-5,7-10H2,1H3. The summed E-state index contributed by atoms with van der Waals surface area (Å²) in [7, 11) is 1.98. The van der Waals surface area contributed by atoms with Crippen LogP contribution < -0.4 is 14.8 Å². The van der Waals surface area contributed by atoms with Crippen LogP contribution in [0.4, 0.5) is 0 Å². The Kier molecular flexibility index (Phi) is 3.87. The monoisotopic (exact) mass is 264 g/mol. The first-order valence-corrected chi connectivity index (χ1v) is 6.72. The molecular formula is C14H20N2O3. The second kappa shape index (κ2) is 5.77. The van der Waals surface area contributed by atoms with Crippen molar-refractivity contribution in [2.45, 2.75) is 12.6 Å². The third-order valence-corrected chi connectivity index (χ3v) is 3.61. The van der Waals surface area contributed by atoms with Crippen LogP contribution in [0.15, 0.2) is 18.2 Å². The van der Waals surface area contributed by atoms with E-state index in [2.05, 4.69) is 22.3 Å². The molecule has 2 heterocycles. The van der Waals surface area contributed by atoms with Gasteiger partial charge in [-0.2, -0.15) is 0 Å². The predicted octanol–water partition coefficient (Wildman–Crippen LogP) is 0.835. The third-order valence-electron chi connectivity index (χ3n) is 3.61. The molecule has 5 heteroatoms. The molecule has 0 bridgehead atoms. The molecule has 1 unspecified atom stereocenters. The molecule has 104 valence electrons. The van der Waals surface area contributed by atoms with Gasteiger partial charge in [0.2, 0.25) is 6.79 Å². The highest BCUT2D eigenvalue weighted by atomic mass is 16.7. The number of rotatable bonds is 4. The largest absolute Gasteiger partial charge is 0.454 e. The average molecular weight is 264 g/mol. The van der Waals surface area contributed by atoms with Crippen LogP contribution in [0.1, 0.15) is 5.56 Å². The molecule has 0 amide bonds. The van der Waals surface area contributed by atoms with Crippen molar-refractivity contribution in [3.63, 3.8) is 0 Å². The number of fused-ring (bicyclic) bond motifs is 1. The van der Waals surface area contributed by atoms with E-state index in [-0.39, 0.29) is 0 Å². The lowest BCUT2D eigenvalue weighted by molar-refractivity contribution is -0.0103. The maximum Gasteiger partial charge on any atom is 0.231 e. The van der Waals surface area contributed by atoms with Crippen molar-refractivity contribution >= 4 is 0 Å². The smallest absolute Gasteiger partial charge is 0.231 e. The van der Waals surface area contributed by atoms with Crippen molar-refractivity contribution in [3.05, 3.63) is 23.8 Å². The molecule has 2 aliphatic rings. The Hall–Kier alpha value is -1.30. The quantitative estimate of drug-likeness (QED) is 0.873. The van der Waals surface area contributed by atoms with E-state index in [1.807, 2.05) is 13.1 Å². The molecule has 2 aliphatic heterocycles. The summed E-state index contributed by atoms with van der Waals surface area (Å²) in [6.07, 6.45) is 0. The van der Waals surface area contributed by atoms with E-state index >= 15 is 0 Å². The number of morpholine rings is 1. The fraction of sp³-hybridized carbons (Fsp3) is 0.571. The number of nitrogens with zero attached hydrogens (tertiary/aromatic N) is 1. The van der Waals surface area contributed by atoms with Gasteiger partial charge in [0.05, 0.1) is 13.2 Å². The normalized spacial score (nSPS) is 22.7. The third kappa shape index (κ3) is 2.83. The van der Waals surface area contributed by atoms with Crippen molar-refractivity contribution in [2.24, 2.45) is 0 Å². The fourth-order valence-corrected chi connectivity index (χ4v) is 2.59. The van der Waals surface area contributed by atoms with Gasteiger partial charge in [-0.25, -0.2) is 0 Å². The summed E-state index contributed by atoms with van der Waals surface area (Å²) < 4.78 is 16.3. The topological polar surface area (TPSA) is 43.0 Å². The zero-order valence-electron chi connectivity index (χ0n) is 11.2. The van der Waals surface area contributed by atoms with Gasteiger partial charge >= 0.3 is 0 Å². The number of benzene rings is 1. The van der Waals surface area contributed by atoms with E-state index in [1.165, 1.54) is 5.56 Å². The molecule has 0 aromatic heterocycles. The summed E-state index contributed by atoms with van der Waals surface area (Å²) in [6.45, 7) is 4.78. The van der Waals surface area contributed by atoms with Crippen LogP contribution in [0.5, 0.6) is 11.5 Å². The molecule has 0 saturated carbocycles. The average Bonchev–Trinajstić information content (AvgIpc) is 2.89. The predicted molar refractivity (Wildman–Crippen MR) is 71.5 cm³/mol. The van der Waals surface area contributed by atoms with Gasteiger partial charge in [-0.1, -0.05) is 6.07 Å². The molecule has 1 aromatic rings. The molecule has 1 aromatic carbocycles. The summed E-state index contributed by atoms with van der Waals surface area (Å²) >= 11 is 0. The first kappa shape index (κ1) is 12.7. The van der Waals surface area contributed by atoms with Crippen LogP contribution in [-0.2, 0) is 11.3 Å². The number of ether oxygens (including phenoxy) is 3. The van der Waals surface area contributed by atoms with Gasteiger partial charge in [-0.3, -0.25) is 4.90 Å². The van der Waals surface area contributed by atoms with Crippen LogP contribution in [0.25, 0.3) is 0 Å². The van der Waals surface area contributed by atoms with E-state index in [0.717, 1.165) is 44.3 Å². The molecule has 19 heavy (non-hydrogen) atoms. The Morgan fingerprint density at radius 1 is 1.32 bits per heavy atom. The Morgan fingerprint density at radius 3 is 3.11 bits per heavy atom. The maximum atomic E-state index is 5.55. The van der Waals surface area contributed by atoms with Gasteiger partial charge in [0, 0.05) is 25.7 Å². The minimum Gasteiger partial charge on any atom is -0.454 e. The van der Waals surface area contributed by atoms with E-state index in [1.54, 1.807) is 0 Å². The zero-order valence-corrected chi connectivity index (χ0v) is 11.2. The lowest BCUT2D eigenvalue weighted by Gasteiger charge is -2.35. The van der Waals surface area contributed by atoms with E-state index < -0.39 is 0 Å². The zero-order chi connectivity index (χ0) is 13.1. The van der Waals surface area contributed by atoms with E-state index in [9.17, 15) is 0 Å². The van der Waals surface area contributed by atoms with Crippen molar-refractivity contribution in [1.29, 1.82) is 0 Å². The first-order valence-electron chi connectivity index (χ1n) is 6.72. The Labute approximate surface area is 113 Å². The van der Waals surface area contributed by atoms with Crippen LogP contribution in [0.2, 0.25) is 0 Å². The van der Waals surface area contributed by atoms with Crippen molar-refractivity contribution in [1.82, 2.24) is 10.2 Å². The lowest BCUT2D eigenvalue weighted by Crippen LogP contribution is -2.49. The lowest BCUT2D eigenvalue weighted by atomic mass is 10.1. The van der Waals surface area contributed by atoms with Crippen LogP contribution in [-0.4, -0.2) is 51.1 Å². The molecular weight excluding hydrogens is 244 g/mol. The highest BCUT2D eigenvalue weighted by molar-refractivity contribution is 5.44. The Morgan fingerprint density at radius 2 is 2.21 bits per heavy atom. The van der Waals surface area contributed by atoms with Gasteiger partial charge in [0.1, 0.15) is 0 Å². The minimum absolute atomic E-state index is 0.332. The highest BCUT2D eigenvalue weighted by Crippen LogP contribution is 2.33. The van der Waals surface area contributed by atoms with Crippen LogP contribution in [0, 0.1) is 0 Å². The highest BCUT2D eigenvalue weighted by Gasteiger charge is 2.23. The second-order valence-corrected chi connectivity index (χ2v) is 4.94. The van der Waals surface area contributed by atoms with Crippen LogP contribution in [0.3, 0.4) is 0 Å². The fourth-order valence-electron chi connectivity index (χ4n) is 2.59. The van der Waals surface area contributed by atoms with E-state index in [4.69, 9.17) is 14.2 Å². The SMILES string of the molecule is CNCC1COCCN1Cc1ccc2c(c1)OCO2. The van der Waals surface area contributed by atoms with Gasteiger partial charge in [0.15, 0.2) is 11.5 Å². The number of nitrogens with one attached hydrogen (secondary N) is 1. The van der Waals surface area contributed by atoms with Gasteiger partial charge < -0.3 is 19.5 Å². The minimum atomic E-state index is 0.332. The number of hydrogen-bond donors (Lipinski definition) is 1. The first-order chi connectivity index (χ1) is 9.36. The Balaban J connectivity index is 1.69. The summed E-state index contributed by atoms with van der Waals surface area (Å²) in [5.74, 6) is 1.70. The number of hydrogen-bond acceptors (Lipinski definition) is 5. The van der Waals surface area contributed by atoms with Crippen molar-refractivity contribution < 1.29 is 14.2 Å². The summed E-state index contributed by atoms with van der Waals surface area (Å²) in [4.78, 5) is 2.46. The van der Waals surface area contributed by atoms with Gasteiger partial charge in [-0.15, -0.1) is 0 Å². The molecule has 1 fully saturated rings. The molecule has 0 aliphatic carbocycles. The van der Waals surface area contributed by atoms with E-state index in [0.29, 0.717) is 12.8 Å². The molecule has 3 rings (SSSR count). The van der Waals surface area contributed by atoms with Gasteiger partial charge in [-0.05, 0) is 24.7 Å². The molecule has 5 nitrogen and oxygen atoms in total. The summed E-state index contributed by atoms with van der Waals surface area (Å²) in [6, 6.07) is 6.61. The molecule has 0 spiro atoms. The number of likely N-dealkylation sites (N-methyl/N-ethyl adjacent to an activating group) is 1. The van der Waals surface area contributed by atoms with Gasteiger partial charge in [0.25, 0.3) is 0 Å². The molecule has 1 N–H and O–H groups in total. The van der Waals surface area contributed by atoms with Crippen molar-refractivity contribution in [3.8, 4) is 11.5 Å². The summed E-state index contributed by atoms with van der Waals surface area (Å²) in [5.41, 5.74) is 1.26. The second-order valence-electron chi connectivity index (χ2n) is 4.94. The maximum absolute atomic E-state index is 5.55. The van der Waals surface area contributed by atoms with Crippen molar-refractivity contribution in [2.75, 3.05) is 40.1 Å². The molecule has 0 radical (unpaired) electrons. The summed E-state index contributed by atoms with van der Waals surface area (Å²) in [5, 5.41) is 3.23.